The summed E-state index contributed by atoms with van der Waals surface area (Å²) in [7, 11) is -3.74. The summed E-state index contributed by atoms with van der Waals surface area (Å²) < 4.78 is 29.7. The molecule has 1 amide bonds. The summed E-state index contributed by atoms with van der Waals surface area (Å²) in [5, 5.41) is 0.640. The zero-order valence-corrected chi connectivity index (χ0v) is 19.2. The van der Waals surface area contributed by atoms with Crippen LogP contribution >= 0.6 is 0 Å². The minimum Gasteiger partial charge on any atom is -0.366 e. The van der Waals surface area contributed by atoms with Crippen molar-refractivity contribution in [1.29, 1.82) is 0 Å². The van der Waals surface area contributed by atoms with Crippen molar-refractivity contribution < 1.29 is 13.2 Å². The number of nitrogens with zero attached hydrogens (tertiary/aromatic N) is 3. The third-order valence-electron chi connectivity index (χ3n) is 5.04. The first kappa shape index (κ1) is 21.9. The third-order valence-corrected chi connectivity index (χ3v) is 6.78. The first-order chi connectivity index (χ1) is 15.0. The fourth-order valence-electron chi connectivity index (χ4n) is 3.62. The molecule has 3 aromatic heterocycles. The van der Waals surface area contributed by atoms with E-state index in [-0.39, 0.29) is 4.90 Å². The van der Waals surface area contributed by atoms with Crippen LogP contribution in [0.4, 0.5) is 0 Å². The number of rotatable bonds is 6. The summed E-state index contributed by atoms with van der Waals surface area (Å²) in [4.78, 5) is 21.6. The van der Waals surface area contributed by atoms with Crippen molar-refractivity contribution in [2.45, 2.75) is 44.6 Å². The highest BCUT2D eigenvalue weighted by atomic mass is 32.2. The van der Waals surface area contributed by atoms with E-state index in [0.717, 1.165) is 17.7 Å². The molecule has 3 heterocycles. The Bertz CT molecular complexity index is 1390. The van der Waals surface area contributed by atoms with Crippen LogP contribution in [0.3, 0.4) is 0 Å². The molecule has 3 aromatic rings. The van der Waals surface area contributed by atoms with E-state index < -0.39 is 21.5 Å². The Hall–Kier alpha value is -3.30. The largest absolute Gasteiger partial charge is 0.366 e. The van der Waals surface area contributed by atoms with Crippen molar-refractivity contribution in [2.75, 3.05) is 0 Å². The van der Waals surface area contributed by atoms with Gasteiger partial charge in [0, 0.05) is 29.0 Å². The first-order valence-corrected chi connectivity index (χ1v) is 11.7. The van der Waals surface area contributed by atoms with Gasteiger partial charge in [0.25, 0.3) is 5.91 Å². The predicted octanol–water partition coefficient (Wildman–Crippen LogP) is 3.25. The average Bonchev–Trinajstić information content (AvgIpc) is 2.99. The Morgan fingerprint density at radius 3 is 2.41 bits per heavy atom. The van der Waals surface area contributed by atoms with Gasteiger partial charge >= 0.3 is 0 Å². The van der Waals surface area contributed by atoms with Gasteiger partial charge in [-0.1, -0.05) is 13.0 Å². The molecule has 1 aliphatic rings. The number of hydrogen-bond donors (Lipinski definition) is 2. The van der Waals surface area contributed by atoms with Crippen LogP contribution in [-0.2, 0) is 16.4 Å². The van der Waals surface area contributed by atoms with Gasteiger partial charge in [0.15, 0.2) is 0 Å². The number of hydrogen-bond acceptors (Lipinski definition) is 5. The number of aromatic nitrogens is 3. The van der Waals surface area contributed by atoms with Gasteiger partial charge in [-0.25, -0.2) is 18.1 Å². The molecule has 1 aliphatic carbocycles. The van der Waals surface area contributed by atoms with Gasteiger partial charge in [0.2, 0.25) is 10.0 Å². The van der Waals surface area contributed by atoms with Crippen molar-refractivity contribution in [3.8, 4) is 11.4 Å². The van der Waals surface area contributed by atoms with Crippen molar-refractivity contribution in [3.05, 3.63) is 59.9 Å². The zero-order chi connectivity index (χ0) is 23.3. The predicted molar refractivity (Wildman–Crippen MR) is 124 cm³/mol. The molecule has 0 atom stereocenters. The summed E-state index contributed by atoms with van der Waals surface area (Å²) in [5.41, 5.74) is 8.78. The lowest BCUT2D eigenvalue weighted by Gasteiger charge is -2.20. The minimum absolute atomic E-state index is 0.0358. The number of pyridine rings is 2. The van der Waals surface area contributed by atoms with E-state index in [0.29, 0.717) is 28.0 Å². The summed E-state index contributed by atoms with van der Waals surface area (Å²) in [6, 6.07) is 4.97. The molecule has 0 saturated carbocycles. The topological polar surface area (TPSA) is 120 Å². The number of fused-ring (bicyclic) bond motifs is 1. The molecule has 166 valence electrons. The van der Waals surface area contributed by atoms with Gasteiger partial charge in [0.05, 0.1) is 17.0 Å². The third kappa shape index (κ3) is 3.85. The Labute approximate surface area is 186 Å². The summed E-state index contributed by atoms with van der Waals surface area (Å²) in [6.45, 7) is 7.30. The highest BCUT2D eigenvalue weighted by Gasteiger charge is 2.27. The molecule has 0 aromatic carbocycles. The maximum Gasteiger partial charge on any atom is 0.251 e. The van der Waals surface area contributed by atoms with Gasteiger partial charge in [-0.05, 0) is 63.1 Å². The summed E-state index contributed by atoms with van der Waals surface area (Å²) >= 11 is 0. The van der Waals surface area contributed by atoms with Gasteiger partial charge in [-0.15, -0.1) is 0 Å². The van der Waals surface area contributed by atoms with E-state index in [1.165, 1.54) is 12.3 Å². The van der Waals surface area contributed by atoms with Crippen LogP contribution < -0.4 is 10.5 Å². The van der Waals surface area contributed by atoms with Crippen molar-refractivity contribution in [1.82, 2.24) is 19.3 Å². The number of primary amides is 1. The second-order valence-electron chi connectivity index (χ2n) is 8.68. The number of nitrogens with one attached hydrogen (secondary N) is 1. The van der Waals surface area contributed by atoms with Crippen molar-refractivity contribution in [3.63, 3.8) is 0 Å². The first-order valence-electron chi connectivity index (χ1n) is 10.2. The van der Waals surface area contributed by atoms with E-state index >= 15 is 0 Å². The molecule has 4 rings (SSSR count). The van der Waals surface area contributed by atoms with Crippen LogP contribution in [0.15, 0.2) is 53.7 Å². The number of nitrogens with two attached hydrogens (primary N) is 1. The fraction of sp³-hybridized carbons (Fsp3) is 0.261. The van der Waals surface area contributed by atoms with Crippen LogP contribution in [0.25, 0.3) is 28.1 Å². The Balaban J connectivity index is 1.93. The number of carbonyl (C=O) groups excluding carboxylic acids is 1. The van der Waals surface area contributed by atoms with Crippen LogP contribution in [0.5, 0.6) is 0 Å². The van der Waals surface area contributed by atoms with Crippen LogP contribution in [0.2, 0.25) is 0 Å². The Morgan fingerprint density at radius 1 is 1.19 bits per heavy atom. The van der Waals surface area contributed by atoms with E-state index in [1.807, 2.05) is 35.8 Å². The standard InChI is InChI=1S/C23H25N5O3S/c1-5-14-11-17-19(21(24)29)20(28(15-7-6-8-15)22(17)26-12-14)18-10-9-16(13-25-18)32(30,31)27-23(2,3)4/h6-13,27H,5H2,1-4H3,(H2,24,29). The number of sulfonamides is 1. The molecule has 0 bridgehead atoms. The SMILES string of the molecule is CCc1cnc2c(c1)c(C(N)=O)c(-c1ccc(S(=O)(=O)NC(C)(C)C)cn1)n2C1=CC=C1. The lowest BCUT2D eigenvalue weighted by molar-refractivity contribution is 0.100. The minimum atomic E-state index is -3.74. The molecule has 9 heteroatoms. The van der Waals surface area contributed by atoms with Crippen molar-refractivity contribution >= 4 is 32.7 Å². The summed E-state index contributed by atoms with van der Waals surface area (Å²) in [5.74, 6) is -0.601. The molecule has 3 N–H and O–H groups in total. The molecule has 0 radical (unpaired) electrons. The molecule has 0 aliphatic heterocycles. The molecular weight excluding hydrogens is 426 g/mol. The number of aryl methyl sites for hydroxylation is 1. The number of amides is 1. The van der Waals surface area contributed by atoms with E-state index in [1.54, 1.807) is 33.0 Å². The Kier molecular flexibility index (Phi) is 5.26. The summed E-state index contributed by atoms with van der Waals surface area (Å²) in [6.07, 6.45) is 9.50. The molecule has 0 unspecified atom stereocenters. The lowest BCUT2D eigenvalue weighted by Crippen LogP contribution is -2.40. The van der Waals surface area contributed by atoms with Gasteiger partial charge in [-0.3, -0.25) is 14.3 Å². The van der Waals surface area contributed by atoms with Crippen LogP contribution in [-0.4, -0.2) is 34.4 Å². The van der Waals surface area contributed by atoms with Gasteiger partial charge in [0.1, 0.15) is 10.5 Å². The van der Waals surface area contributed by atoms with E-state index in [2.05, 4.69) is 14.7 Å². The highest BCUT2D eigenvalue weighted by molar-refractivity contribution is 7.89. The highest BCUT2D eigenvalue weighted by Crippen LogP contribution is 2.36. The molecule has 0 saturated heterocycles. The second kappa shape index (κ2) is 7.68. The fourth-order valence-corrected chi connectivity index (χ4v) is 4.98. The van der Waals surface area contributed by atoms with E-state index in [4.69, 9.17) is 5.73 Å². The number of carbonyl (C=O) groups is 1. The number of allylic oxidation sites excluding steroid dienone is 4. The van der Waals surface area contributed by atoms with Gasteiger partial charge < -0.3 is 5.73 Å². The zero-order valence-electron chi connectivity index (χ0n) is 18.4. The quantitative estimate of drug-likeness (QED) is 0.596. The maximum absolute atomic E-state index is 12.7. The smallest absolute Gasteiger partial charge is 0.251 e. The second-order valence-corrected chi connectivity index (χ2v) is 10.4. The molecule has 32 heavy (non-hydrogen) atoms. The maximum atomic E-state index is 12.7. The van der Waals surface area contributed by atoms with Gasteiger partial charge in [-0.2, -0.15) is 0 Å². The van der Waals surface area contributed by atoms with Crippen molar-refractivity contribution in [2.24, 2.45) is 5.73 Å². The van der Waals surface area contributed by atoms with Crippen LogP contribution in [0, 0.1) is 0 Å². The van der Waals surface area contributed by atoms with E-state index in [9.17, 15) is 13.2 Å². The molecule has 8 nitrogen and oxygen atoms in total. The van der Waals surface area contributed by atoms with Crippen LogP contribution in [0.1, 0.15) is 43.6 Å². The molecule has 0 spiro atoms. The average molecular weight is 452 g/mol. The Morgan fingerprint density at radius 2 is 1.91 bits per heavy atom. The lowest BCUT2D eigenvalue weighted by atomic mass is 10.1. The normalized spacial score (nSPS) is 13.8. The monoisotopic (exact) mass is 451 g/mol. The molecule has 0 fully saturated rings. The molecular formula is C23H25N5O3S.